The van der Waals surface area contributed by atoms with E-state index >= 15 is 0 Å². The van der Waals surface area contributed by atoms with Gasteiger partial charge in [-0.25, -0.2) is 4.79 Å². The van der Waals surface area contributed by atoms with Gasteiger partial charge in [0.2, 0.25) is 5.91 Å². The number of carboxylic acid groups (broad SMARTS) is 1. The van der Waals surface area contributed by atoms with Gasteiger partial charge in [0.15, 0.2) is 0 Å². The standard InChI is InChI=1S/C19H25BrN2O5/c1-19(2,3)27-18(26)22-7-6-13(10-22)14(17(24)25)8-11-4-5-12(16(21)23)9-15(11)20/h4-5,9,13-14H,6-8,10H2,1-3H3,(H2,21,23)(H,24,25)/t13-,14-/m0/s1. The summed E-state index contributed by atoms with van der Waals surface area (Å²) in [6.07, 6.45) is 0.482. The molecule has 7 nitrogen and oxygen atoms in total. The molecule has 27 heavy (non-hydrogen) atoms. The number of likely N-dealkylation sites (tertiary alicyclic amines) is 1. The molecule has 0 spiro atoms. The van der Waals surface area contributed by atoms with E-state index in [0.717, 1.165) is 5.56 Å². The molecular weight excluding hydrogens is 416 g/mol. The maximum Gasteiger partial charge on any atom is 0.410 e. The highest BCUT2D eigenvalue weighted by Gasteiger charge is 2.37. The van der Waals surface area contributed by atoms with E-state index in [0.29, 0.717) is 36.0 Å². The van der Waals surface area contributed by atoms with E-state index in [9.17, 15) is 19.5 Å². The van der Waals surface area contributed by atoms with Gasteiger partial charge in [0.05, 0.1) is 5.92 Å². The zero-order valence-corrected chi connectivity index (χ0v) is 17.3. The number of nitrogens with two attached hydrogens (primary N) is 1. The zero-order chi connectivity index (χ0) is 20.4. The van der Waals surface area contributed by atoms with Crippen molar-refractivity contribution in [3.8, 4) is 0 Å². The van der Waals surface area contributed by atoms with Gasteiger partial charge in [-0.05, 0) is 57.2 Å². The number of carboxylic acids is 1. The van der Waals surface area contributed by atoms with E-state index in [2.05, 4.69) is 15.9 Å². The van der Waals surface area contributed by atoms with Gasteiger partial charge in [0.1, 0.15) is 5.60 Å². The van der Waals surface area contributed by atoms with E-state index in [1.807, 2.05) is 0 Å². The molecule has 1 saturated heterocycles. The molecule has 1 aromatic carbocycles. The first-order chi connectivity index (χ1) is 12.5. The van der Waals surface area contributed by atoms with Crippen LogP contribution in [-0.4, -0.2) is 46.7 Å². The van der Waals surface area contributed by atoms with Crippen molar-refractivity contribution in [2.75, 3.05) is 13.1 Å². The number of carbonyl (C=O) groups excluding carboxylic acids is 2. The molecule has 3 N–H and O–H groups in total. The Morgan fingerprint density at radius 3 is 2.56 bits per heavy atom. The Kier molecular flexibility index (Phi) is 6.51. The van der Waals surface area contributed by atoms with Gasteiger partial charge >= 0.3 is 12.1 Å². The Morgan fingerprint density at radius 2 is 2.04 bits per heavy atom. The van der Waals surface area contributed by atoms with Gasteiger partial charge in [0.25, 0.3) is 0 Å². The average Bonchev–Trinajstić information content (AvgIpc) is 3.01. The molecule has 2 amide bonds. The minimum Gasteiger partial charge on any atom is -0.481 e. The Morgan fingerprint density at radius 1 is 1.37 bits per heavy atom. The third-order valence-electron chi connectivity index (χ3n) is 4.54. The summed E-state index contributed by atoms with van der Waals surface area (Å²) in [5.41, 5.74) is 5.81. The van der Waals surface area contributed by atoms with E-state index in [4.69, 9.17) is 10.5 Å². The molecule has 8 heteroatoms. The van der Waals surface area contributed by atoms with E-state index < -0.39 is 29.5 Å². The normalized spacial score (nSPS) is 18.2. The lowest BCUT2D eigenvalue weighted by molar-refractivity contribution is -0.143. The van der Waals surface area contributed by atoms with Crippen LogP contribution in [0.15, 0.2) is 22.7 Å². The summed E-state index contributed by atoms with van der Waals surface area (Å²) in [4.78, 5) is 36.9. The Hall–Kier alpha value is -2.09. The van der Waals surface area contributed by atoms with Crippen LogP contribution in [0.4, 0.5) is 4.79 Å². The highest BCUT2D eigenvalue weighted by atomic mass is 79.9. The number of halogens is 1. The van der Waals surface area contributed by atoms with Crippen LogP contribution in [0.1, 0.15) is 43.1 Å². The van der Waals surface area contributed by atoms with Crippen LogP contribution in [0.5, 0.6) is 0 Å². The summed E-state index contributed by atoms with van der Waals surface area (Å²) in [7, 11) is 0. The van der Waals surface area contributed by atoms with Crippen LogP contribution in [0.25, 0.3) is 0 Å². The number of hydrogen-bond donors (Lipinski definition) is 2. The van der Waals surface area contributed by atoms with Gasteiger partial charge in [0, 0.05) is 23.1 Å². The van der Waals surface area contributed by atoms with Crippen molar-refractivity contribution >= 4 is 33.9 Å². The molecule has 1 heterocycles. The lowest BCUT2D eigenvalue weighted by Crippen LogP contribution is -2.36. The molecule has 0 aliphatic carbocycles. The summed E-state index contributed by atoms with van der Waals surface area (Å²) in [5.74, 6) is -2.26. The van der Waals surface area contributed by atoms with E-state index in [-0.39, 0.29) is 5.92 Å². The minimum absolute atomic E-state index is 0.169. The van der Waals surface area contributed by atoms with Gasteiger partial charge in [-0.3, -0.25) is 9.59 Å². The number of nitrogens with zero attached hydrogens (tertiary/aromatic N) is 1. The summed E-state index contributed by atoms with van der Waals surface area (Å²) in [6.45, 7) is 6.22. The van der Waals surface area contributed by atoms with Crippen LogP contribution in [0.2, 0.25) is 0 Å². The van der Waals surface area contributed by atoms with Crippen molar-refractivity contribution < 1.29 is 24.2 Å². The van der Waals surface area contributed by atoms with Gasteiger partial charge in [-0.2, -0.15) is 0 Å². The van der Waals surface area contributed by atoms with Crippen LogP contribution in [-0.2, 0) is 16.0 Å². The van der Waals surface area contributed by atoms with Gasteiger partial charge < -0.3 is 20.5 Å². The Labute approximate surface area is 167 Å². The molecule has 0 aromatic heterocycles. The van der Waals surface area contributed by atoms with Gasteiger partial charge in [-0.1, -0.05) is 22.0 Å². The number of carbonyl (C=O) groups is 3. The van der Waals surface area contributed by atoms with Crippen molar-refractivity contribution in [1.29, 1.82) is 0 Å². The maximum atomic E-state index is 12.2. The number of amides is 2. The van der Waals surface area contributed by atoms with Crippen molar-refractivity contribution in [3.63, 3.8) is 0 Å². The molecular formula is C19H25BrN2O5. The quantitative estimate of drug-likeness (QED) is 0.730. The predicted molar refractivity (Wildman–Crippen MR) is 103 cm³/mol. The maximum absolute atomic E-state index is 12.2. The number of benzene rings is 1. The Balaban J connectivity index is 2.09. The summed E-state index contributed by atoms with van der Waals surface area (Å²) >= 11 is 3.38. The number of aliphatic carboxylic acids is 1. The summed E-state index contributed by atoms with van der Waals surface area (Å²) < 4.78 is 6.02. The first kappa shape index (κ1) is 21.2. The first-order valence-electron chi connectivity index (χ1n) is 8.77. The largest absolute Gasteiger partial charge is 0.481 e. The highest BCUT2D eigenvalue weighted by Crippen LogP contribution is 2.31. The molecule has 0 saturated carbocycles. The van der Waals surface area contributed by atoms with Gasteiger partial charge in [-0.15, -0.1) is 0 Å². The van der Waals surface area contributed by atoms with Crippen molar-refractivity contribution in [2.45, 2.75) is 39.2 Å². The molecule has 0 radical (unpaired) electrons. The predicted octanol–water partition coefficient (Wildman–Crippen LogP) is 3.05. The summed E-state index contributed by atoms with van der Waals surface area (Å²) in [5, 5.41) is 9.72. The number of primary amides is 1. The van der Waals surface area contributed by atoms with Crippen LogP contribution in [0, 0.1) is 11.8 Å². The fourth-order valence-electron chi connectivity index (χ4n) is 3.17. The number of ether oxygens (including phenoxy) is 1. The molecule has 2 atom stereocenters. The minimum atomic E-state index is -0.906. The lowest BCUT2D eigenvalue weighted by atomic mass is 9.86. The zero-order valence-electron chi connectivity index (χ0n) is 15.7. The van der Waals surface area contributed by atoms with E-state index in [1.54, 1.807) is 43.9 Å². The van der Waals surface area contributed by atoms with Crippen LogP contribution in [0.3, 0.4) is 0 Å². The number of hydrogen-bond acceptors (Lipinski definition) is 4. The van der Waals surface area contributed by atoms with Crippen molar-refractivity contribution in [1.82, 2.24) is 4.90 Å². The SMILES string of the molecule is CC(C)(C)OC(=O)N1CC[C@H]([C@H](Cc2ccc(C(N)=O)cc2Br)C(=O)O)C1. The number of rotatable bonds is 5. The van der Waals surface area contributed by atoms with Crippen LogP contribution < -0.4 is 5.73 Å². The van der Waals surface area contributed by atoms with E-state index in [1.165, 1.54) is 0 Å². The first-order valence-corrected chi connectivity index (χ1v) is 9.56. The molecule has 0 unspecified atom stereocenters. The monoisotopic (exact) mass is 440 g/mol. The molecule has 1 aliphatic rings. The molecule has 2 rings (SSSR count). The lowest BCUT2D eigenvalue weighted by Gasteiger charge is -2.25. The second-order valence-electron chi connectivity index (χ2n) is 7.79. The third kappa shape index (κ3) is 5.69. The second-order valence-corrected chi connectivity index (χ2v) is 8.65. The molecule has 0 bridgehead atoms. The average molecular weight is 441 g/mol. The van der Waals surface area contributed by atoms with Crippen molar-refractivity contribution in [3.05, 3.63) is 33.8 Å². The fraction of sp³-hybridized carbons (Fsp3) is 0.526. The highest BCUT2D eigenvalue weighted by molar-refractivity contribution is 9.10. The third-order valence-corrected chi connectivity index (χ3v) is 5.28. The fourth-order valence-corrected chi connectivity index (χ4v) is 3.71. The van der Waals surface area contributed by atoms with Crippen LogP contribution >= 0.6 is 15.9 Å². The Bertz CT molecular complexity index is 744. The second kappa shape index (κ2) is 8.29. The molecule has 1 aliphatic heterocycles. The molecule has 1 fully saturated rings. The summed E-state index contributed by atoms with van der Waals surface area (Å²) in [6, 6.07) is 4.89. The van der Waals surface area contributed by atoms with Crippen molar-refractivity contribution in [2.24, 2.45) is 17.6 Å². The smallest absolute Gasteiger partial charge is 0.410 e. The topological polar surface area (TPSA) is 110 Å². The molecule has 1 aromatic rings. The molecule has 148 valence electrons.